The third-order valence-corrected chi connectivity index (χ3v) is 6.57. The molecule has 6 heteroatoms. The Morgan fingerprint density at radius 3 is 2.44 bits per heavy atom. The van der Waals surface area contributed by atoms with E-state index in [1.165, 1.54) is 12.1 Å². The molecule has 1 atom stereocenters. The van der Waals surface area contributed by atoms with Crippen LogP contribution < -0.4 is 0 Å². The average molecular weight is 431 g/mol. The Hall–Kier alpha value is -3.59. The van der Waals surface area contributed by atoms with Crippen LogP contribution in [0.4, 0.5) is 8.78 Å². The molecule has 162 valence electrons. The van der Waals surface area contributed by atoms with Crippen molar-refractivity contribution in [2.24, 2.45) is 5.41 Å². The Kier molecular flexibility index (Phi) is 6.00. The molecular weight excluding hydrogens is 408 g/mol. The lowest BCUT2D eigenvalue weighted by Gasteiger charge is -2.41. The highest BCUT2D eigenvalue weighted by molar-refractivity contribution is 6.00. The number of nitriles is 1. The van der Waals surface area contributed by atoms with E-state index >= 15 is 0 Å². The van der Waals surface area contributed by atoms with Gasteiger partial charge < -0.3 is 4.90 Å². The quantitative estimate of drug-likeness (QED) is 0.542. The summed E-state index contributed by atoms with van der Waals surface area (Å²) in [6.07, 6.45) is 4.22. The van der Waals surface area contributed by atoms with Crippen LogP contribution >= 0.6 is 0 Å². The van der Waals surface area contributed by atoms with Gasteiger partial charge in [0.2, 0.25) is 0 Å². The Labute approximate surface area is 186 Å². The predicted octanol–water partition coefficient (Wildman–Crippen LogP) is 5.58. The highest BCUT2D eigenvalue weighted by Gasteiger charge is 2.42. The molecule has 2 heterocycles. The van der Waals surface area contributed by atoms with Crippen LogP contribution in [0.5, 0.6) is 0 Å². The van der Waals surface area contributed by atoms with Gasteiger partial charge in [-0.05, 0) is 53.8 Å². The standard InChI is InChI=1S/C26H23F2N3O/c1-18(21-7-6-20(27)16-24(21)28)26(17-29)10-14-31(15-11-26)25(32)23-5-3-2-4-22(23)19-8-12-30-13-9-19/h2-9,12-13,16,18H,10-11,14-15H2,1H3/t18-/m0/s1. The van der Waals surface area contributed by atoms with Crippen molar-refractivity contribution in [3.8, 4) is 17.2 Å². The number of likely N-dealkylation sites (tertiary alicyclic amines) is 1. The molecule has 0 spiro atoms. The van der Waals surface area contributed by atoms with Crippen molar-refractivity contribution in [2.45, 2.75) is 25.7 Å². The van der Waals surface area contributed by atoms with Crippen LogP contribution in [0.3, 0.4) is 0 Å². The smallest absolute Gasteiger partial charge is 0.254 e. The van der Waals surface area contributed by atoms with Crippen molar-refractivity contribution in [1.29, 1.82) is 5.26 Å². The Morgan fingerprint density at radius 1 is 1.09 bits per heavy atom. The lowest BCUT2D eigenvalue weighted by Crippen LogP contribution is -2.44. The highest BCUT2D eigenvalue weighted by atomic mass is 19.1. The van der Waals surface area contributed by atoms with Crippen LogP contribution in [-0.4, -0.2) is 28.9 Å². The molecule has 4 rings (SSSR count). The number of pyridine rings is 1. The van der Waals surface area contributed by atoms with Gasteiger partial charge in [-0.25, -0.2) is 8.78 Å². The maximum absolute atomic E-state index is 14.4. The minimum Gasteiger partial charge on any atom is -0.339 e. The largest absolute Gasteiger partial charge is 0.339 e. The van der Waals surface area contributed by atoms with Gasteiger partial charge in [0.25, 0.3) is 5.91 Å². The van der Waals surface area contributed by atoms with E-state index in [1.54, 1.807) is 30.3 Å². The van der Waals surface area contributed by atoms with Gasteiger partial charge in [-0.15, -0.1) is 0 Å². The van der Waals surface area contributed by atoms with E-state index in [9.17, 15) is 18.8 Å². The first kappa shape index (κ1) is 21.6. The Bertz CT molecular complexity index is 1170. The van der Waals surface area contributed by atoms with Crippen molar-refractivity contribution >= 4 is 5.91 Å². The number of nitrogens with zero attached hydrogens (tertiary/aromatic N) is 3. The first-order chi connectivity index (χ1) is 15.4. The normalized spacial score (nSPS) is 16.2. The molecule has 0 saturated carbocycles. The van der Waals surface area contributed by atoms with Gasteiger partial charge >= 0.3 is 0 Å². The van der Waals surface area contributed by atoms with Crippen LogP contribution in [0.2, 0.25) is 0 Å². The molecule has 1 aliphatic rings. The Balaban J connectivity index is 1.55. The first-order valence-corrected chi connectivity index (χ1v) is 10.6. The second-order valence-corrected chi connectivity index (χ2v) is 8.23. The van der Waals surface area contributed by atoms with Crippen LogP contribution in [0.1, 0.15) is 41.6 Å². The number of hydrogen-bond acceptors (Lipinski definition) is 3. The molecule has 3 aromatic rings. The van der Waals surface area contributed by atoms with Crippen molar-refractivity contribution < 1.29 is 13.6 Å². The molecule has 0 N–H and O–H groups in total. The topological polar surface area (TPSA) is 57.0 Å². The molecule has 0 aliphatic carbocycles. The van der Waals surface area contributed by atoms with E-state index in [-0.39, 0.29) is 5.91 Å². The fourth-order valence-electron chi connectivity index (χ4n) is 4.52. The number of amides is 1. The number of hydrogen-bond donors (Lipinski definition) is 0. The van der Waals surface area contributed by atoms with E-state index in [1.807, 2.05) is 30.3 Å². The van der Waals surface area contributed by atoms with E-state index in [2.05, 4.69) is 11.1 Å². The predicted molar refractivity (Wildman–Crippen MR) is 118 cm³/mol. The number of aromatic nitrogens is 1. The van der Waals surface area contributed by atoms with Crippen LogP contribution in [0, 0.1) is 28.4 Å². The zero-order chi connectivity index (χ0) is 22.7. The number of halogens is 2. The summed E-state index contributed by atoms with van der Waals surface area (Å²) in [6.45, 7) is 2.59. The second-order valence-electron chi connectivity index (χ2n) is 8.23. The maximum atomic E-state index is 14.4. The molecule has 32 heavy (non-hydrogen) atoms. The minimum atomic E-state index is -0.819. The fraction of sp³-hybridized carbons (Fsp3) is 0.269. The molecule has 2 aromatic carbocycles. The van der Waals surface area contributed by atoms with E-state index in [0.29, 0.717) is 37.1 Å². The molecule has 1 aliphatic heterocycles. The van der Waals surface area contributed by atoms with E-state index in [4.69, 9.17) is 0 Å². The summed E-state index contributed by atoms with van der Waals surface area (Å²) < 4.78 is 27.7. The van der Waals surface area contributed by atoms with Gasteiger partial charge in [-0.2, -0.15) is 5.26 Å². The molecule has 1 aromatic heterocycles. The van der Waals surface area contributed by atoms with E-state index < -0.39 is 23.0 Å². The van der Waals surface area contributed by atoms with Crippen molar-refractivity contribution in [3.05, 3.63) is 89.8 Å². The van der Waals surface area contributed by atoms with Crippen LogP contribution in [0.25, 0.3) is 11.1 Å². The third kappa shape index (κ3) is 3.99. The SMILES string of the molecule is C[C@@H](c1ccc(F)cc1F)C1(C#N)CCN(C(=O)c2ccccc2-c2ccncc2)CC1. The van der Waals surface area contributed by atoms with Crippen LogP contribution in [-0.2, 0) is 0 Å². The van der Waals surface area contributed by atoms with Crippen molar-refractivity contribution in [2.75, 3.05) is 13.1 Å². The minimum absolute atomic E-state index is 0.0930. The zero-order valence-electron chi connectivity index (χ0n) is 17.8. The number of carbonyl (C=O) groups is 1. The maximum Gasteiger partial charge on any atom is 0.254 e. The average Bonchev–Trinajstić information content (AvgIpc) is 2.84. The zero-order valence-corrected chi connectivity index (χ0v) is 17.8. The van der Waals surface area contributed by atoms with Gasteiger partial charge in [0.15, 0.2) is 0 Å². The third-order valence-electron chi connectivity index (χ3n) is 6.57. The lowest BCUT2D eigenvalue weighted by atomic mass is 9.68. The molecule has 1 saturated heterocycles. The van der Waals surface area contributed by atoms with Crippen molar-refractivity contribution in [3.63, 3.8) is 0 Å². The van der Waals surface area contributed by atoms with Gasteiger partial charge in [-0.1, -0.05) is 31.2 Å². The Morgan fingerprint density at radius 2 is 1.78 bits per heavy atom. The van der Waals surface area contributed by atoms with Gasteiger partial charge in [0, 0.05) is 43.0 Å². The molecule has 4 nitrogen and oxygen atoms in total. The summed E-state index contributed by atoms with van der Waals surface area (Å²) >= 11 is 0. The summed E-state index contributed by atoms with van der Waals surface area (Å²) in [7, 11) is 0. The van der Waals surface area contributed by atoms with Crippen LogP contribution in [0.15, 0.2) is 67.0 Å². The molecule has 0 bridgehead atoms. The fourth-order valence-corrected chi connectivity index (χ4v) is 4.52. The lowest BCUT2D eigenvalue weighted by molar-refractivity contribution is 0.0622. The summed E-state index contributed by atoms with van der Waals surface area (Å²) in [4.78, 5) is 19.1. The summed E-state index contributed by atoms with van der Waals surface area (Å²) in [5.41, 5.74) is 1.85. The monoisotopic (exact) mass is 431 g/mol. The van der Waals surface area contributed by atoms with Gasteiger partial charge in [0.1, 0.15) is 11.6 Å². The number of carbonyl (C=O) groups excluding carboxylic acids is 1. The summed E-state index contributed by atoms with van der Waals surface area (Å²) in [5.74, 6) is -1.80. The van der Waals surface area contributed by atoms with Gasteiger partial charge in [-0.3, -0.25) is 9.78 Å². The summed E-state index contributed by atoms with van der Waals surface area (Å²) in [5, 5.41) is 10.00. The molecule has 0 radical (unpaired) electrons. The first-order valence-electron chi connectivity index (χ1n) is 10.6. The highest BCUT2D eigenvalue weighted by Crippen LogP contribution is 2.45. The molecule has 1 amide bonds. The molecular formula is C26H23F2N3O. The second kappa shape index (κ2) is 8.88. The van der Waals surface area contributed by atoms with Crippen molar-refractivity contribution in [1.82, 2.24) is 9.88 Å². The number of piperidine rings is 1. The van der Waals surface area contributed by atoms with E-state index in [0.717, 1.165) is 17.2 Å². The molecule has 0 unspecified atom stereocenters. The molecule has 1 fully saturated rings. The number of benzene rings is 2. The van der Waals surface area contributed by atoms with Gasteiger partial charge in [0.05, 0.1) is 11.5 Å². The number of rotatable bonds is 4. The summed E-state index contributed by atoms with van der Waals surface area (Å²) in [6, 6.07) is 17.0.